The predicted molar refractivity (Wildman–Crippen MR) is 82.5 cm³/mol. The summed E-state index contributed by atoms with van der Waals surface area (Å²) < 4.78 is 0. The van der Waals surface area contributed by atoms with E-state index in [1.54, 1.807) is 4.90 Å². The molecular formula is C16H29N3O2. The van der Waals surface area contributed by atoms with Crippen LogP contribution in [-0.2, 0) is 0 Å². The van der Waals surface area contributed by atoms with E-state index >= 15 is 0 Å². The van der Waals surface area contributed by atoms with Gasteiger partial charge in [-0.05, 0) is 62.9 Å². The van der Waals surface area contributed by atoms with Gasteiger partial charge in [-0.3, -0.25) is 4.90 Å². The van der Waals surface area contributed by atoms with Crippen LogP contribution in [0.5, 0.6) is 0 Å². The number of piperazine rings is 1. The Morgan fingerprint density at radius 1 is 1.05 bits per heavy atom. The SMILES string of the molecule is O=C(O)N1CCN(CC2CCC3(CCNCC3)CC2)CC1. The number of nitrogens with one attached hydrogen (secondary N) is 1. The van der Waals surface area contributed by atoms with Crippen molar-refractivity contribution in [3.63, 3.8) is 0 Å². The van der Waals surface area contributed by atoms with Crippen LogP contribution in [0.4, 0.5) is 4.79 Å². The van der Waals surface area contributed by atoms with Crippen LogP contribution >= 0.6 is 0 Å². The molecule has 2 heterocycles. The maximum absolute atomic E-state index is 10.9. The van der Waals surface area contributed by atoms with Crippen molar-refractivity contribution in [2.24, 2.45) is 11.3 Å². The lowest BCUT2D eigenvalue weighted by molar-refractivity contribution is 0.0674. The fourth-order valence-corrected chi connectivity index (χ4v) is 4.42. The summed E-state index contributed by atoms with van der Waals surface area (Å²) in [5, 5.41) is 12.5. The normalized spacial score (nSPS) is 27.9. The maximum Gasteiger partial charge on any atom is 0.407 e. The van der Waals surface area contributed by atoms with Gasteiger partial charge >= 0.3 is 6.09 Å². The van der Waals surface area contributed by atoms with Gasteiger partial charge in [-0.1, -0.05) is 0 Å². The molecule has 0 radical (unpaired) electrons. The lowest BCUT2D eigenvalue weighted by Gasteiger charge is -2.44. The highest BCUT2D eigenvalue weighted by Crippen LogP contribution is 2.45. The quantitative estimate of drug-likeness (QED) is 0.816. The third-order valence-corrected chi connectivity index (χ3v) is 5.99. The van der Waals surface area contributed by atoms with Crippen LogP contribution in [0.15, 0.2) is 0 Å². The molecule has 2 N–H and O–H groups in total. The molecule has 3 rings (SSSR count). The lowest BCUT2D eigenvalue weighted by atomic mass is 9.65. The van der Waals surface area contributed by atoms with Gasteiger partial charge in [0.25, 0.3) is 0 Å². The zero-order chi connectivity index (χ0) is 14.7. The monoisotopic (exact) mass is 295 g/mol. The summed E-state index contributed by atoms with van der Waals surface area (Å²) >= 11 is 0. The van der Waals surface area contributed by atoms with Crippen molar-refractivity contribution in [1.82, 2.24) is 15.1 Å². The molecule has 120 valence electrons. The molecule has 0 aromatic heterocycles. The molecule has 0 unspecified atom stereocenters. The number of amides is 1. The highest BCUT2D eigenvalue weighted by Gasteiger charge is 2.36. The number of nitrogens with zero attached hydrogens (tertiary/aromatic N) is 2. The Labute approximate surface area is 127 Å². The number of hydrogen-bond acceptors (Lipinski definition) is 3. The second-order valence-corrected chi connectivity index (χ2v) is 7.26. The van der Waals surface area contributed by atoms with Gasteiger partial charge in [-0.2, -0.15) is 0 Å². The maximum atomic E-state index is 10.9. The third-order valence-electron chi connectivity index (χ3n) is 5.99. The van der Waals surface area contributed by atoms with Crippen LogP contribution in [0, 0.1) is 11.3 Å². The van der Waals surface area contributed by atoms with Crippen molar-refractivity contribution in [3.8, 4) is 0 Å². The summed E-state index contributed by atoms with van der Waals surface area (Å²) in [4.78, 5) is 14.9. The first kappa shape index (κ1) is 15.1. The first-order valence-electron chi connectivity index (χ1n) is 8.58. The van der Waals surface area contributed by atoms with E-state index in [4.69, 9.17) is 5.11 Å². The van der Waals surface area contributed by atoms with Crippen molar-refractivity contribution < 1.29 is 9.90 Å². The number of rotatable bonds is 2. The van der Waals surface area contributed by atoms with Crippen molar-refractivity contribution in [1.29, 1.82) is 0 Å². The van der Waals surface area contributed by atoms with Gasteiger partial charge in [0.05, 0.1) is 0 Å². The molecule has 0 aromatic rings. The molecular weight excluding hydrogens is 266 g/mol. The molecule has 2 aliphatic heterocycles. The molecule has 1 aliphatic carbocycles. The Hall–Kier alpha value is -0.810. The summed E-state index contributed by atoms with van der Waals surface area (Å²) in [5.41, 5.74) is 0.657. The van der Waals surface area contributed by atoms with Crippen molar-refractivity contribution in [2.45, 2.75) is 38.5 Å². The van der Waals surface area contributed by atoms with Gasteiger partial charge < -0.3 is 15.3 Å². The molecule has 5 nitrogen and oxygen atoms in total. The zero-order valence-electron chi connectivity index (χ0n) is 13.0. The topological polar surface area (TPSA) is 55.8 Å². The molecule has 1 saturated carbocycles. The van der Waals surface area contributed by atoms with Gasteiger partial charge in [-0.25, -0.2) is 4.79 Å². The minimum absolute atomic E-state index is 0.657. The highest BCUT2D eigenvalue weighted by molar-refractivity contribution is 5.65. The number of carbonyl (C=O) groups is 1. The van der Waals surface area contributed by atoms with Crippen molar-refractivity contribution in [3.05, 3.63) is 0 Å². The number of carboxylic acid groups (broad SMARTS) is 1. The largest absolute Gasteiger partial charge is 0.465 e. The fourth-order valence-electron chi connectivity index (χ4n) is 4.42. The van der Waals surface area contributed by atoms with E-state index in [9.17, 15) is 4.79 Å². The van der Waals surface area contributed by atoms with Crippen LogP contribution < -0.4 is 5.32 Å². The average molecular weight is 295 g/mol. The van der Waals surface area contributed by atoms with Gasteiger partial charge in [-0.15, -0.1) is 0 Å². The Morgan fingerprint density at radius 3 is 2.24 bits per heavy atom. The van der Waals surface area contributed by atoms with Crippen molar-refractivity contribution in [2.75, 3.05) is 45.8 Å². The van der Waals surface area contributed by atoms with Crippen LogP contribution in [-0.4, -0.2) is 66.8 Å². The van der Waals surface area contributed by atoms with E-state index in [1.807, 2.05) is 0 Å². The number of piperidine rings is 1. The third kappa shape index (κ3) is 3.69. The van der Waals surface area contributed by atoms with Crippen LogP contribution in [0.2, 0.25) is 0 Å². The molecule has 2 saturated heterocycles. The summed E-state index contributed by atoms with van der Waals surface area (Å²) in [6.45, 7) is 6.79. The van der Waals surface area contributed by atoms with Gasteiger partial charge in [0.15, 0.2) is 0 Å². The van der Waals surface area contributed by atoms with E-state index < -0.39 is 6.09 Å². The molecule has 21 heavy (non-hydrogen) atoms. The lowest BCUT2D eigenvalue weighted by Crippen LogP contribution is -2.50. The standard InChI is InChI=1S/C16H29N3O2/c20-15(21)19-11-9-18(10-12-19)13-14-1-3-16(4-2-14)5-7-17-8-6-16/h14,17H,1-13H2,(H,20,21). The highest BCUT2D eigenvalue weighted by atomic mass is 16.4. The molecule has 3 fully saturated rings. The Bertz CT molecular complexity index is 351. The summed E-state index contributed by atoms with van der Waals surface area (Å²) in [5.74, 6) is 0.835. The summed E-state index contributed by atoms with van der Waals surface area (Å²) in [7, 11) is 0. The molecule has 0 atom stereocenters. The second kappa shape index (κ2) is 6.53. The second-order valence-electron chi connectivity index (χ2n) is 7.26. The first-order valence-corrected chi connectivity index (χ1v) is 8.58. The van der Waals surface area contributed by atoms with Crippen LogP contribution in [0.1, 0.15) is 38.5 Å². The Kier molecular flexibility index (Phi) is 4.69. The van der Waals surface area contributed by atoms with Crippen LogP contribution in [0.25, 0.3) is 0 Å². The molecule has 3 aliphatic rings. The van der Waals surface area contributed by atoms with Gasteiger partial charge in [0.1, 0.15) is 0 Å². The van der Waals surface area contributed by atoms with Gasteiger partial charge in [0.2, 0.25) is 0 Å². The summed E-state index contributed by atoms with van der Waals surface area (Å²) in [6.07, 6.45) is 7.55. The average Bonchev–Trinajstić information content (AvgIpc) is 2.51. The molecule has 5 heteroatoms. The smallest absolute Gasteiger partial charge is 0.407 e. The fraction of sp³-hybridized carbons (Fsp3) is 0.938. The van der Waals surface area contributed by atoms with E-state index in [2.05, 4.69) is 10.2 Å². The molecule has 0 aromatic carbocycles. The first-order chi connectivity index (χ1) is 10.2. The van der Waals surface area contributed by atoms with Crippen LogP contribution in [0.3, 0.4) is 0 Å². The molecule has 1 spiro atoms. The Balaban J connectivity index is 1.41. The van der Waals surface area contributed by atoms with E-state index in [1.165, 1.54) is 58.2 Å². The zero-order valence-corrected chi connectivity index (χ0v) is 13.0. The van der Waals surface area contributed by atoms with E-state index in [-0.39, 0.29) is 0 Å². The Morgan fingerprint density at radius 2 is 1.67 bits per heavy atom. The van der Waals surface area contributed by atoms with Gasteiger partial charge in [0, 0.05) is 32.7 Å². The minimum Gasteiger partial charge on any atom is -0.465 e. The van der Waals surface area contributed by atoms with E-state index in [0.29, 0.717) is 18.5 Å². The predicted octanol–water partition coefficient (Wildman–Crippen LogP) is 1.84. The molecule has 1 amide bonds. The van der Waals surface area contributed by atoms with Crippen molar-refractivity contribution >= 4 is 6.09 Å². The number of hydrogen-bond donors (Lipinski definition) is 2. The summed E-state index contributed by atoms with van der Waals surface area (Å²) in [6, 6.07) is 0. The molecule has 0 bridgehead atoms. The van der Waals surface area contributed by atoms with E-state index in [0.717, 1.165) is 19.0 Å². The minimum atomic E-state index is -0.764.